The van der Waals surface area contributed by atoms with Crippen molar-refractivity contribution >= 4 is 27.5 Å². The van der Waals surface area contributed by atoms with Crippen LogP contribution in [0.2, 0.25) is 0 Å². The number of ether oxygens (including phenoxy) is 1. The highest BCUT2D eigenvalue weighted by Crippen LogP contribution is 2.16. The molecule has 1 aromatic heterocycles. The lowest BCUT2D eigenvalue weighted by Crippen LogP contribution is -2.20. The van der Waals surface area contributed by atoms with Crippen LogP contribution in [0.5, 0.6) is 5.75 Å². The van der Waals surface area contributed by atoms with Crippen molar-refractivity contribution in [2.75, 3.05) is 11.9 Å². The van der Waals surface area contributed by atoms with E-state index in [1.807, 2.05) is 38.1 Å². The van der Waals surface area contributed by atoms with E-state index >= 15 is 0 Å². The molecule has 106 valence electrons. The predicted octanol–water partition coefficient (Wildman–Crippen LogP) is 3.24. The van der Waals surface area contributed by atoms with E-state index in [1.165, 1.54) is 0 Å². The summed E-state index contributed by atoms with van der Waals surface area (Å²) in [6.07, 6.45) is 3.38. The van der Waals surface area contributed by atoms with E-state index in [4.69, 9.17) is 4.74 Å². The van der Waals surface area contributed by atoms with E-state index in [1.54, 1.807) is 17.1 Å². The molecule has 0 unspecified atom stereocenters. The van der Waals surface area contributed by atoms with Crippen molar-refractivity contribution in [2.45, 2.75) is 19.9 Å². The third-order valence-corrected chi connectivity index (χ3v) is 3.08. The second-order valence-electron chi connectivity index (χ2n) is 4.60. The van der Waals surface area contributed by atoms with Crippen molar-refractivity contribution in [1.82, 2.24) is 9.78 Å². The molecule has 2 rings (SSSR count). The quantitative estimate of drug-likeness (QED) is 0.911. The summed E-state index contributed by atoms with van der Waals surface area (Å²) in [7, 11) is 0. The summed E-state index contributed by atoms with van der Waals surface area (Å²) in [6, 6.07) is 7.66. The van der Waals surface area contributed by atoms with Crippen molar-refractivity contribution in [2.24, 2.45) is 0 Å². The molecule has 2 aromatic rings. The summed E-state index contributed by atoms with van der Waals surface area (Å²) in [6.45, 7) is 4.00. The predicted molar refractivity (Wildman–Crippen MR) is 80.9 cm³/mol. The minimum atomic E-state index is -0.208. The average Bonchev–Trinajstić information content (AvgIpc) is 2.85. The zero-order valence-corrected chi connectivity index (χ0v) is 12.9. The third-order valence-electron chi connectivity index (χ3n) is 2.59. The molecule has 0 atom stereocenters. The fourth-order valence-electron chi connectivity index (χ4n) is 1.59. The van der Waals surface area contributed by atoms with Crippen LogP contribution in [0, 0.1) is 0 Å². The average molecular weight is 338 g/mol. The van der Waals surface area contributed by atoms with Gasteiger partial charge in [0.1, 0.15) is 0 Å². The largest absolute Gasteiger partial charge is 0.480 e. The van der Waals surface area contributed by atoms with Gasteiger partial charge in [0.25, 0.3) is 5.91 Å². The molecule has 1 amide bonds. The Hall–Kier alpha value is -1.82. The highest BCUT2D eigenvalue weighted by molar-refractivity contribution is 9.10. The Bertz CT molecular complexity index is 596. The molecule has 6 heteroatoms. The molecule has 1 N–H and O–H groups in total. The Morgan fingerprint density at radius 3 is 2.95 bits per heavy atom. The fraction of sp³-hybridized carbons (Fsp3) is 0.286. The maximum absolute atomic E-state index is 11.8. The van der Waals surface area contributed by atoms with Crippen LogP contribution >= 0.6 is 15.9 Å². The van der Waals surface area contributed by atoms with Crippen molar-refractivity contribution in [3.63, 3.8) is 0 Å². The van der Waals surface area contributed by atoms with Crippen LogP contribution in [0.25, 0.3) is 0 Å². The summed E-state index contributed by atoms with van der Waals surface area (Å²) in [5.74, 6) is 0.378. The highest BCUT2D eigenvalue weighted by Gasteiger charge is 2.06. The van der Waals surface area contributed by atoms with E-state index in [-0.39, 0.29) is 18.6 Å². The molecular weight excluding hydrogens is 322 g/mol. The van der Waals surface area contributed by atoms with Crippen LogP contribution in [0.15, 0.2) is 41.1 Å². The molecule has 5 nitrogen and oxygen atoms in total. The molecule has 0 aliphatic heterocycles. The van der Waals surface area contributed by atoms with Gasteiger partial charge in [-0.1, -0.05) is 22.0 Å². The number of nitrogens with one attached hydrogen (secondary N) is 1. The van der Waals surface area contributed by atoms with Gasteiger partial charge in [0.15, 0.2) is 12.4 Å². The Morgan fingerprint density at radius 1 is 1.50 bits per heavy atom. The fourth-order valence-corrected chi connectivity index (χ4v) is 1.99. The second-order valence-corrected chi connectivity index (χ2v) is 5.51. The van der Waals surface area contributed by atoms with Crippen LogP contribution in [-0.4, -0.2) is 22.3 Å². The number of halogens is 1. The zero-order chi connectivity index (χ0) is 14.5. The summed E-state index contributed by atoms with van der Waals surface area (Å²) >= 11 is 3.35. The SMILES string of the molecule is CC(C)n1cc(OCC(=O)Nc2cccc(Br)c2)cn1. The maximum Gasteiger partial charge on any atom is 0.262 e. The van der Waals surface area contributed by atoms with Crippen molar-refractivity contribution in [3.8, 4) is 5.75 Å². The minimum Gasteiger partial charge on any atom is -0.480 e. The number of amides is 1. The standard InChI is InChI=1S/C14H16BrN3O2/c1-10(2)18-8-13(7-16-18)20-9-14(19)17-12-5-3-4-11(15)6-12/h3-8,10H,9H2,1-2H3,(H,17,19). The van der Waals surface area contributed by atoms with Crippen molar-refractivity contribution in [1.29, 1.82) is 0 Å². The van der Waals surface area contributed by atoms with Crippen molar-refractivity contribution < 1.29 is 9.53 Å². The first-order valence-electron chi connectivity index (χ1n) is 6.27. The molecule has 1 heterocycles. The van der Waals surface area contributed by atoms with Crippen LogP contribution in [-0.2, 0) is 4.79 Å². The molecule has 20 heavy (non-hydrogen) atoms. The van der Waals surface area contributed by atoms with E-state index in [0.29, 0.717) is 5.75 Å². The number of anilines is 1. The lowest BCUT2D eigenvalue weighted by molar-refractivity contribution is -0.118. The first-order valence-corrected chi connectivity index (χ1v) is 7.06. The molecule has 0 radical (unpaired) electrons. The Balaban J connectivity index is 1.85. The smallest absolute Gasteiger partial charge is 0.262 e. The number of aromatic nitrogens is 2. The van der Waals surface area contributed by atoms with Gasteiger partial charge in [-0.3, -0.25) is 9.48 Å². The molecule has 0 fully saturated rings. The number of carbonyl (C=O) groups excluding carboxylic acids is 1. The molecule has 0 saturated heterocycles. The normalized spacial score (nSPS) is 10.6. The molecule has 0 aliphatic rings. The summed E-state index contributed by atoms with van der Waals surface area (Å²) in [5.41, 5.74) is 0.728. The lowest BCUT2D eigenvalue weighted by atomic mass is 10.3. The van der Waals surface area contributed by atoms with Crippen LogP contribution in [0.4, 0.5) is 5.69 Å². The minimum absolute atomic E-state index is 0.0453. The third kappa shape index (κ3) is 4.09. The summed E-state index contributed by atoms with van der Waals surface area (Å²) in [5, 5.41) is 6.90. The Morgan fingerprint density at radius 2 is 2.30 bits per heavy atom. The zero-order valence-electron chi connectivity index (χ0n) is 11.3. The highest BCUT2D eigenvalue weighted by atomic mass is 79.9. The van der Waals surface area contributed by atoms with E-state index in [9.17, 15) is 4.79 Å². The van der Waals surface area contributed by atoms with E-state index in [2.05, 4.69) is 26.3 Å². The van der Waals surface area contributed by atoms with Crippen LogP contribution < -0.4 is 10.1 Å². The maximum atomic E-state index is 11.8. The van der Waals surface area contributed by atoms with Gasteiger partial charge in [-0.15, -0.1) is 0 Å². The first-order chi connectivity index (χ1) is 9.54. The van der Waals surface area contributed by atoms with Gasteiger partial charge in [0.05, 0.1) is 12.4 Å². The Labute approximate surface area is 126 Å². The van der Waals surface area contributed by atoms with Crippen molar-refractivity contribution in [3.05, 3.63) is 41.1 Å². The van der Waals surface area contributed by atoms with Gasteiger partial charge in [-0.2, -0.15) is 5.10 Å². The molecule has 0 aliphatic carbocycles. The first kappa shape index (κ1) is 14.6. The van der Waals surface area contributed by atoms with Crippen LogP contribution in [0.3, 0.4) is 0 Å². The monoisotopic (exact) mass is 337 g/mol. The molecule has 0 bridgehead atoms. The summed E-state index contributed by atoms with van der Waals surface area (Å²) < 4.78 is 8.08. The van der Waals surface area contributed by atoms with Gasteiger partial charge in [0, 0.05) is 16.2 Å². The van der Waals surface area contributed by atoms with Gasteiger partial charge in [-0.05, 0) is 32.0 Å². The number of hydrogen-bond acceptors (Lipinski definition) is 3. The lowest BCUT2D eigenvalue weighted by Gasteiger charge is -2.06. The van der Waals surface area contributed by atoms with Gasteiger partial charge in [-0.25, -0.2) is 0 Å². The number of hydrogen-bond donors (Lipinski definition) is 1. The Kier molecular flexibility index (Phi) is 4.79. The number of rotatable bonds is 5. The number of carbonyl (C=O) groups is 1. The molecular formula is C14H16BrN3O2. The summed E-state index contributed by atoms with van der Waals surface area (Å²) in [4.78, 5) is 11.8. The van der Waals surface area contributed by atoms with E-state index in [0.717, 1.165) is 10.2 Å². The number of nitrogens with zero attached hydrogens (tertiary/aromatic N) is 2. The molecule has 0 saturated carbocycles. The van der Waals surface area contributed by atoms with E-state index < -0.39 is 0 Å². The van der Waals surface area contributed by atoms with Gasteiger partial charge >= 0.3 is 0 Å². The molecule has 1 aromatic carbocycles. The van der Waals surface area contributed by atoms with Gasteiger partial charge < -0.3 is 10.1 Å². The van der Waals surface area contributed by atoms with Crippen LogP contribution in [0.1, 0.15) is 19.9 Å². The topological polar surface area (TPSA) is 56.1 Å². The van der Waals surface area contributed by atoms with Gasteiger partial charge in [0.2, 0.25) is 0 Å². The number of benzene rings is 1. The second kappa shape index (κ2) is 6.56. The molecule has 0 spiro atoms.